The molecule has 0 amide bonds. The molecule has 1 heterocycles. The summed E-state index contributed by atoms with van der Waals surface area (Å²) < 4.78 is 12.6. The van der Waals surface area contributed by atoms with Gasteiger partial charge in [0.1, 0.15) is 17.3 Å². The molecule has 5 heteroatoms. The lowest BCUT2D eigenvalue weighted by Crippen LogP contribution is -2.14. The molecule has 0 radical (unpaired) electrons. The molecule has 0 spiro atoms. The van der Waals surface area contributed by atoms with Crippen LogP contribution >= 0.6 is 0 Å². The number of nitrogens with zero attached hydrogens (tertiary/aromatic N) is 2. The summed E-state index contributed by atoms with van der Waals surface area (Å²) in [6.45, 7) is 0. The lowest BCUT2D eigenvalue weighted by atomic mass is 10.0. The zero-order valence-corrected chi connectivity index (χ0v) is 12.2. The molecule has 0 aliphatic carbocycles. The quantitative estimate of drug-likeness (QED) is 0.876. The minimum atomic E-state index is -0.114. The first-order valence-electron chi connectivity index (χ1n) is 6.59. The molecule has 0 aliphatic heterocycles. The maximum atomic E-state index is 6.29. The highest BCUT2D eigenvalue weighted by molar-refractivity contribution is 5.42. The topological polar surface area (TPSA) is 62.3 Å². The van der Waals surface area contributed by atoms with E-state index in [0.29, 0.717) is 0 Å². The molecular formula is C15H21N3O2. The molecule has 108 valence electrons. The summed E-state index contributed by atoms with van der Waals surface area (Å²) in [5.41, 5.74) is 7.25. The second-order valence-corrected chi connectivity index (χ2v) is 4.71. The van der Waals surface area contributed by atoms with E-state index in [1.54, 1.807) is 20.4 Å². The van der Waals surface area contributed by atoms with Crippen molar-refractivity contribution in [3.05, 3.63) is 42.0 Å². The summed E-state index contributed by atoms with van der Waals surface area (Å²) in [5, 5.41) is 0. The molecule has 1 unspecified atom stereocenters. The third kappa shape index (κ3) is 3.11. The van der Waals surface area contributed by atoms with Gasteiger partial charge in [0.2, 0.25) is 0 Å². The fourth-order valence-electron chi connectivity index (χ4n) is 2.21. The number of rotatable bonds is 6. The maximum Gasteiger partial charge on any atom is 0.123 e. The Morgan fingerprint density at radius 2 is 2.10 bits per heavy atom. The number of imidazole rings is 1. The van der Waals surface area contributed by atoms with Crippen LogP contribution in [0, 0.1) is 0 Å². The van der Waals surface area contributed by atoms with Crippen LogP contribution in [-0.4, -0.2) is 23.8 Å². The number of methoxy groups -OCH3 is 2. The fourth-order valence-corrected chi connectivity index (χ4v) is 2.21. The summed E-state index contributed by atoms with van der Waals surface area (Å²) in [6.07, 6.45) is 5.36. The number of hydrogen-bond acceptors (Lipinski definition) is 4. The van der Waals surface area contributed by atoms with Crippen LogP contribution in [0.4, 0.5) is 0 Å². The van der Waals surface area contributed by atoms with E-state index in [-0.39, 0.29) is 6.04 Å². The fraction of sp³-hybridized carbons (Fsp3) is 0.400. The van der Waals surface area contributed by atoms with Crippen LogP contribution in [0.1, 0.15) is 23.9 Å². The highest BCUT2D eigenvalue weighted by atomic mass is 16.5. The van der Waals surface area contributed by atoms with E-state index in [9.17, 15) is 0 Å². The molecule has 20 heavy (non-hydrogen) atoms. The van der Waals surface area contributed by atoms with Gasteiger partial charge in [-0.15, -0.1) is 0 Å². The van der Waals surface area contributed by atoms with E-state index in [1.807, 2.05) is 36.0 Å². The van der Waals surface area contributed by atoms with Gasteiger partial charge in [0.05, 0.1) is 14.2 Å². The molecule has 2 rings (SSSR count). The van der Waals surface area contributed by atoms with Crippen LogP contribution in [0.25, 0.3) is 0 Å². The zero-order valence-electron chi connectivity index (χ0n) is 12.2. The van der Waals surface area contributed by atoms with Gasteiger partial charge < -0.3 is 19.8 Å². The van der Waals surface area contributed by atoms with Gasteiger partial charge in [-0.05, 0) is 24.6 Å². The average Bonchev–Trinajstić information content (AvgIpc) is 2.89. The Kier molecular flexibility index (Phi) is 4.63. The van der Waals surface area contributed by atoms with Crippen molar-refractivity contribution in [3.63, 3.8) is 0 Å². The lowest BCUT2D eigenvalue weighted by Gasteiger charge is -2.16. The van der Waals surface area contributed by atoms with E-state index in [4.69, 9.17) is 15.2 Å². The summed E-state index contributed by atoms with van der Waals surface area (Å²) in [7, 11) is 5.28. The average molecular weight is 275 g/mol. The standard InChI is InChI=1S/C15H21N3O2/c1-18-9-8-17-15(18)7-5-13(16)12-10-11(19-2)4-6-14(12)20-3/h4,6,8-10,13H,5,7,16H2,1-3H3. The summed E-state index contributed by atoms with van der Waals surface area (Å²) in [5.74, 6) is 2.61. The van der Waals surface area contributed by atoms with Gasteiger partial charge in [0, 0.05) is 37.5 Å². The van der Waals surface area contributed by atoms with E-state index < -0.39 is 0 Å². The number of aromatic nitrogens is 2. The molecule has 1 atom stereocenters. The highest BCUT2D eigenvalue weighted by Gasteiger charge is 2.14. The molecule has 1 aromatic carbocycles. The van der Waals surface area contributed by atoms with E-state index in [1.165, 1.54) is 0 Å². The third-order valence-electron chi connectivity index (χ3n) is 3.44. The SMILES string of the molecule is COc1ccc(OC)c(C(N)CCc2nccn2C)c1. The first-order valence-corrected chi connectivity index (χ1v) is 6.59. The number of hydrogen-bond donors (Lipinski definition) is 1. The highest BCUT2D eigenvalue weighted by Crippen LogP contribution is 2.30. The summed E-state index contributed by atoms with van der Waals surface area (Å²) in [4.78, 5) is 4.31. The Labute approximate surface area is 119 Å². The molecule has 0 fully saturated rings. The molecule has 2 N–H and O–H groups in total. The predicted octanol–water partition coefficient (Wildman–Crippen LogP) is 2.07. The van der Waals surface area contributed by atoms with Crippen LogP contribution in [-0.2, 0) is 13.5 Å². The van der Waals surface area contributed by atoms with Gasteiger partial charge in [-0.3, -0.25) is 0 Å². The van der Waals surface area contributed by atoms with Gasteiger partial charge in [-0.25, -0.2) is 4.98 Å². The van der Waals surface area contributed by atoms with Crippen molar-refractivity contribution in [2.45, 2.75) is 18.9 Å². The molecule has 0 saturated carbocycles. The molecule has 2 aromatic rings. The normalized spacial score (nSPS) is 12.2. The van der Waals surface area contributed by atoms with E-state index >= 15 is 0 Å². The van der Waals surface area contributed by atoms with E-state index in [2.05, 4.69) is 4.98 Å². The molecular weight excluding hydrogens is 254 g/mol. The van der Waals surface area contributed by atoms with Gasteiger partial charge in [0.25, 0.3) is 0 Å². The Morgan fingerprint density at radius 3 is 2.70 bits per heavy atom. The number of ether oxygens (including phenoxy) is 2. The number of aryl methyl sites for hydroxylation is 2. The zero-order chi connectivity index (χ0) is 14.5. The molecule has 1 aromatic heterocycles. The van der Waals surface area contributed by atoms with Gasteiger partial charge in [-0.2, -0.15) is 0 Å². The van der Waals surface area contributed by atoms with Crippen molar-refractivity contribution in [2.24, 2.45) is 12.8 Å². The summed E-state index contributed by atoms with van der Waals surface area (Å²) in [6, 6.07) is 5.57. The Bertz CT molecular complexity index is 566. The smallest absolute Gasteiger partial charge is 0.123 e. The van der Waals surface area contributed by atoms with E-state index in [0.717, 1.165) is 35.7 Å². The van der Waals surface area contributed by atoms with Crippen molar-refractivity contribution in [3.8, 4) is 11.5 Å². The monoisotopic (exact) mass is 275 g/mol. The maximum absolute atomic E-state index is 6.29. The van der Waals surface area contributed by atoms with Crippen molar-refractivity contribution in [2.75, 3.05) is 14.2 Å². The second-order valence-electron chi connectivity index (χ2n) is 4.71. The Hall–Kier alpha value is -2.01. The minimum absolute atomic E-state index is 0.114. The second kappa shape index (κ2) is 6.43. The molecule has 5 nitrogen and oxygen atoms in total. The van der Waals surface area contributed by atoms with Crippen molar-refractivity contribution >= 4 is 0 Å². The van der Waals surface area contributed by atoms with Crippen molar-refractivity contribution < 1.29 is 9.47 Å². The van der Waals surface area contributed by atoms with Crippen molar-refractivity contribution in [1.29, 1.82) is 0 Å². The Balaban J connectivity index is 2.11. The first kappa shape index (κ1) is 14.4. The summed E-state index contributed by atoms with van der Waals surface area (Å²) >= 11 is 0. The number of benzene rings is 1. The first-order chi connectivity index (χ1) is 9.65. The van der Waals surface area contributed by atoms with Gasteiger partial charge in [0.15, 0.2) is 0 Å². The van der Waals surface area contributed by atoms with Crippen LogP contribution in [0.5, 0.6) is 11.5 Å². The minimum Gasteiger partial charge on any atom is -0.497 e. The van der Waals surface area contributed by atoms with Gasteiger partial charge >= 0.3 is 0 Å². The Morgan fingerprint density at radius 1 is 1.30 bits per heavy atom. The molecule has 0 aliphatic rings. The molecule has 0 bridgehead atoms. The predicted molar refractivity (Wildman–Crippen MR) is 78.0 cm³/mol. The van der Waals surface area contributed by atoms with Crippen LogP contribution < -0.4 is 15.2 Å². The van der Waals surface area contributed by atoms with Crippen LogP contribution in [0.2, 0.25) is 0 Å². The number of nitrogens with two attached hydrogens (primary N) is 1. The lowest BCUT2D eigenvalue weighted by molar-refractivity contribution is 0.393. The van der Waals surface area contributed by atoms with Gasteiger partial charge in [-0.1, -0.05) is 0 Å². The molecule has 0 saturated heterocycles. The largest absolute Gasteiger partial charge is 0.497 e. The van der Waals surface area contributed by atoms with Crippen LogP contribution in [0.3, 0.4) is 0 Å². The van der Waals surface area contributed by atoms with Crippen molar-refractivity contribution in [1.82, 2.24) is 9.55 Å². The third-order valence-corrected chi connectivity index (χ3v) is 3.44. The van der Waals surface area contributed by atoms with Crippen LogP contribution in [0.15, 0.2) is 30.6 Å².